The second-order valence-corrected chi connectivity index (χ2v) is 5.23. The van der Waals surface area contributed by atoms with Crippen LogP contribution in [0.15, 0.2) is 18.2 Å². The topological polar surface area (TPSA) is 21.3 Å². The lowest BCUT2D eigenvalue weighted by Gasteiger charge is -2.09. The second-order valence-electron chi connectivity index (χ2n) is 5.23. The van der Waals surface area contributed by atoms with E-state index in [4.69, 9.17) is 4.74 Å². The fourth-order valence-corrected chi connectivity index (χ4v) is 2.11. The molecule has 0 aromatic heterocycles. The van der Waals surface area contributed by atoms with Crippen LogP contribution < -0.4 is 10.1 Å². The van der Waals surface area contributed by atoms with E-state index < -0.39 is 0 Å². The lowest BCUT2D eigenvalue weighted by atomic mass is 10.1. The van der Waals surface area contributed by atoms with Gasteiger partial charge in [0.25, 0.3) is 0 Å². The molecule has 0 saturated heterocycles. The molecule has 0 aliphatic carbocycles. The standard InChI is InChI=1S/C17H28FNO/c1-3-5-6-7-8-10-20-17-12-15(11-16(18)13-17)14-19-9-4-2/h11-13,19H,3-10,14H2,1-2H3. The third-order valence-electron chi connectivity index (χ3n) is 3.20. The van der Waals surface area contributed by atoms with Gasteiger partial charge < -0.3 is 10.1 Å². The fourth-order valence-electron chi connectivity index (χ4n) is 2.11. The van der Waals surface area contributed by atoms with E-state index in [-0.39, 0.29) is 5.82 Å². The molecule has 0 fully saturated rings. The minimum absolute atomic E-state index is 0.221. The van der Waals surface area contributed by atoms with E-state index in [1.165, 1.54) is 31.7 Å². The first kappa shape index (κ1) is 17.0. The number of ether oxygens (including phenoxy) is 1. The van der Waals surface area contributed by atoms with Crippen LogP contribution in [0.25, 0.3) is 0 Å². The van der Waals surface area contributed by atoms with E-state index in [0.717, 1.165) is 24.9 Å². The van der Waals surface area contributed by atoms with Gasteiger partial charge in [-0.3, -0.25) is 0 Å². The summed E-state index contributed by atoms with van der Waals surface area (Å²) in [6.45, 7) is 6.64. The molecule has 1 aromatic rings. The zero-order chi connectivity index (χ0) is 14.6. The normalized spacial score (nSPS) is 10.8. The maximum absolute atomic E-state index is 13.5. The minimum Gasteiger partial charge on any atom is -0.493 e. The van der Waals surface area contributed by atoms with Gasteiger partial charge in [0, 0.05) is 12.6 Å². The molecule has 0 aliphatic rings. The summed E-state index contributed by atoms with van der Waals surface area (Å²) in [5.74, 6) is 0.426. The second kappa shape index (κ2) is 10.7. The largest absolute Gasteiger partial charge is 0.493 e. The Balaban J connectivity index is 2.33. The van der Waals surface area contributed by atoms with Gasteiger partial charge in [0.05, 0.1) is 6.61 Å². The molecule has 2 nitrogen and oxygen atoms in total. The van der Waals surface area contributed by atoms with Crippen LogP contribution in [-0.2, 0) is 6.54 Å². The fraction of sp³-hybridized carbons (Fsp3) is 0.647. The summed E-state index contributed by atoms with van der Waals surface area (Å²) in [6.07, 6.45) is 7.10. The maximum atomic E-state index is 13.5. The summed E-state index contributed by atoms with van der Waals surface area (Å²) in [5, 5.41) is 3.27. The first-order valence-corrected chi connectivity index (χ1v) is 7.89. The van der Waals surface area contributed by atoms with E-state index in [9.17, 15) is 4.39 Å². The molecule has 20 heavy (non-hydrogen) atoms. The Hall–Kier alpha value is -1.09. The predicted molar refractivity (Wildman–Crippen MR) is 82.7 cm³/mol. The van der Waals surface area contributed by atoms with Crippen LogP contribution in [0.1, 0.15) is 57.9 Å². The van der Waals surface area contributed by atoms with Crippen LogP contribution in [0, 0.1) is 5.82 Å². The first-order valence-electron chi connectivity index (χ1n) is 7.89. The van der Waals surface area contributed by atoms with E-state index >= 15 is 0 Å². The van der Waals surface area contributed by atoms with Crippen molar-refractivity contribution >= 4 is 0 Å². The van der Waals surface area contributed by atoms with E-state index in [0.29, 0.717) is 18.9 Å². The lowest BCUT2D eigenvalue weighted by molar-refractivity contribution is 0.302. The number of halogens is 1. The molecule has 1 aromatic carbocycles. The molecule has 114 valence electrons. The highest BCUT2D eigenvalue weighted by atomic mass is 19.1. The van der Waals surface area contributed by atoms with Crippen molar-refractivity contribution in [1.82, 2.24) is 5.32 Å². The van der Waals surface area contributed by atoms with Crippen LogP contribution in [-0.4, -0.2) is 13.2 Å². The summed E-state index contributed by atoms with van der Waals surface area (Å²) in [4.78, 5) is 0. The molecule has 0 amide bonds. The Morgan fingerprint density at radius 3 is 2.55 bits per heavy atom. The quantitative estimate of drug-likeness (QED) is 0.595. The smallest absolute Gasteiger partial charge is 0.127 e. The van der Waals surface area contributed by atoms with Crippen molar-refractivity contribution in [2.45, 2.75) is 58.9 Å². The maximum Gasteiger partial charge on any atom is 0.127 e. The Morgan fingerprint density at radius 1 is 1.00 bits per heavy atom. The Labute approximate surface area is 122 Å². The van der Waals surface area contributed by atoms with Gasteiger partial charge in [-0.2, -0.15) is 0 Å². The first-order chi connectivity index (χ1) is 9.76. The van der Waals surface area contributed by atoms with Gasteiger partial charge in [-0.25, -0.2) is 4.39 Å². The summed E-state index contributed by atoms with van der Waals surface area (Å²) < 4.78 is 19.2. The highest BCUT2D eigenvalue weighted by molar-refractivity contribution is 5.29. The molecule has 3 heteroatoms. The highest BCUT2D eigenvalue weighted by Crippen LogP contribution is 2.17. The van der Waals surface area contributed by atoms with Crippen molar-refractivity contribution in [2.24, 2.45) is 0 Å². The van der Waals surface area contributed by atoms with Crippen LogP contribution >= 0.6 is 0 Å². The summed E-state index contributed by atoms with van der Waals surface area (Å²) in [5.41, 5.74) is 0.944. The molecule has 0 radical (unpaired) electrons. The van der Waals surface area contributed by atoms with Crippen molar-refractivity contribution < 1.29 is 9.13 Å². The van der Waals surface area contributed by atoms with Crippen molar-refractivity contribution in [2.75, 3.05) is 13.2 Å². The Bertz CT molecular complexity index is 368. The molecule has 0 unspecified atom stereocenters. The number of hydrogen-bond donors (Lipinski definition) is 1. The van der Waals surface area contributed by atoms with Crippen molar-refractivity contribution in [3.8, 4) is 5.75 Å². The SMILES string of the molecule is CCCCCCCOc1cc(F)cc(CNCCC)c1. The minimum atomic E-state index is -0.221. The molecule has 0 saturated carbocycles. The molecular weight excluding hydrogens is 253 g/mol. The monoisotopic (exact) mass is 281 g/mol. The molecule has 0 bridgehead atoms. The zero-order valence-corrected chi connectivity index (χ0v) is 12.9. The highest BCUT2D eigenvalue weighted by Gasteiger charge is 2.02. The van der Waals surface area contributed by atoms with Gasteiger partial charge in [-0.05, 0) is 37.1 Å². The molecular formula is C17H28FNO. The van der Waals surface area contributed by atoms with Crippen molar-refractivity contribution in [3.05, 3.63) is 29.6 Å². The van der Waals surface area contributed by atoms with Gasteiger partial charge in [0.2, 0.25) is 0 Å². The molecule has 1 rings (SSSR count). The number of benzene rings is 1. The summed E-state index contributed by atoms with van der Waals surface area (Å²) >= 11 is 0. The van der Waals surface area contributed by atoms with Gasteiger partial charge >= 0.3 is 0 Å². The zero-order valence-electron chi connectivity index (χ0n) is 12.9. The van der Waals surface area contributed by atoms with Gasteiger partial charge in [-0.1, -0.05) is 39.5 Å². The number of rotatable bonds is 11. The number of nitrogens with one attached hydrogen (secondary N) is 1. The number of hydrogen-bond acceptors (Lipinski definition) is 2. The van der Waals surface area contributed by atoms with Crippen molar-refractivity contribution in [3.63, 3.8) is 0 Å². The summed E-state index contributed by atoms with van der Waals surface area (Å²) in [6, 6.07) is 4.96. The molecule has 1 N–H and O–H groups in total. The average molecular weight is 281 g/mol. The third-order valence-corrected chi connectivity index (χ3v) is 3.20. The van der Waals surface area contributed by atoms with Crippen LogP contribution in [0.2, 0.25) is 0 Å². The van der Waals surface area contributed by atoms with Crippen molar-refractivity contribution in [1.29, 1.82) is 0 Å². The molecule has 0 spiro atoms. The van der Waals surface area contributed by atoms with E-state index in [2.05, 4.69) is 19.2 Å². The van der Waals surface area contributed by atoms with Gasteiger partial charge in [0.15, 0.2) is 0 Å². The van der Waals surface area contributed by atoms with Crippen LogP contribution in [0.3, 0.4) is 0 Å². The molecule has 0 aliphatic heterocycles. The molecule has 0 atom stereocenters. The average Bonchev–Trinajstić information content (AvgIpc) is 2.42. The van der Waals surface area contributed by atoms with Gasteiger partial charge in [0.1, 0.15) is 11.6 Å². The number of unbranched alkanes of at least 4 members (excludes halogenated alkanes) is 4. The summed E-state index contributed by atoms with van der Waals surface area (Å²) in [7, 11) is 0. The predicted octanol–water partition coefficient (Wildman–Crippen LogP) is 4.67. The molecule has 0 heterocycles. The van der Waals surface area contributed by atoms with Crippen LogP contribution in [0.4, 0.5) is 4.39 Å². The van der Waals surface area contributed by atoms with Gasteiger partial charge in [-0.15, -0.1) is 0 Å². The Kier molecular flexibility index (Phi) is 9.05. The van der Waals surface area contributed by atoms with E-state index in [1.54, 1.807) is 6.07 Å². The van der Waals surface area contributed by atoms with Crippen LogP contribution in [0.5, 0.6) is 5.75 Å². The lowest BCUT2D eigenvalue weighted by Crippen LogP contribution is -2.14. The van der Waals surface area contributed by atoms with E-state index in [1.807, 2.05) is 6.07 Å². The third kappa shape index (κ3) is 7.49. The Morgan fingerprint density at radius 2 is 1.80 bits per heavy atom.